The molecule has 1 aliphatic carbocycles. The van der Waals surface area contributed by atoms with Gasteiger partial charge in [-0.3, -0.25) is 19.5 Å². The summed E-state index contributed by atoms with van der Waals surface area (Å²) >= 11 is 0. The van der Waals surface area contributed by atoms with Crippen molar-refractivity contribution in [2.24, 2.45) is 0 Å². The van der Waals surface area contributed by atoms with Gasteiger partial charge in [0, 0.05) is 29.4 Å². The van der Waals surface area contributed by atoms with Crippen molar-refractivity contribution < 1.29 is 4.92 Å². The van der Waals surface area contributed by atoms with Gasteiger partial charge in [0.15, 0.2) is 0 Å². The second-order valence-corrected chi connectivity index (χ2v) is 8.87. The molecule has 35 heavy (non-hydrogen) atoms. The standard InChI is InChI=1S/C28H26N4O3/c1-19-29-26-17-14-23(30-22-12-15-24(16-13-22)32(34)35)18-25(26)28(33)31(19)27(20-8-4-2-5-9-20)21-10-6-3-7-11-21/h2-13,15-16,23,27,30H,14,17-18H2,1H3. The molecule has 0 spiro atoms. The van der Waals surface area contributed by atoms with Crippen LogP contribution in [-0.2, 0) is 12.8 Å². The average Bonchev–Trinajstić information content (AvgIpc) is 2.88. The number of fused-ring (bicyclic) bond motifs is 1. The molecule has 1 unspecified atom stereocenters. The Morgan fingerprint density at radius 3 is 2.14 bits per heavy atom. The molecule has 4 aromatic rings. The first-order valence-corrected chi connectivity index (χ1v) is 11.7. The predicted molar refractivity (Wildman–Crippen MR) is 136 cm³/mol. The molecule has 1 heterocycles. The van der Waals surface area contributed by atoms with Crippen LogP contribution >= 0.6 is 0 Å². The van der Waals surface area contributed by atoms with E-state index in [1.54, 1.807) is 12.1 Å². The summed E-state index contributed by atoms with van der Waals surface area (Å²) in [6.45, 7) is 1.90. The molecule has 1 aromatic heterocycles. The van der Waals surface area contributed by atoms with E-state index in [0.717, 1.165) is 34.5 Å². The first-order chi connectivity index (χ1) is 17.0. The second kappa shape index (κ2) is 9.54. The molecule has 0 fully saturated rings. The van der Waals surface area contributed by atoms with E-state index < -0.39 is 4.92 Å². The van der Waals surface area contributed by atoms with Gasteiger partial charge in [-0.2, -0.15) is 0 Å². The third-order valence-electron chi connectivity index (χ3n) is 6.59. The molecule has 176 valence electrons. The molecule has 0 radical (unpaired) electrons. The lowest BCUT2D eigenvalue weighted by Gasteiger charge is -2.29. The van der Waals surface area contributed by atoms with Gasteiger partial charge < -0.3 is 5.32 Å². The summed E-state index contributed by atoms with van der Waals surface area (Å²) in [6.07, 6.45) is 2.09. The smallest absolute Gasteiger partial charge is 0.269 e. The molecule has 0 saturated heterocycles. The second-order valence-electron chi connectivity index (χ2n) is 8.87. The fraction of sp³-hybridized carbons (Fsp3) is 0.214. The van der Waals surface area contributed by atoms with Crippen molar-refractivity contribution in [1.82, 2.24) is 9.55 Å². The zero-order chi connectivity index (χ0) is 24.4. The van der Waals surface area contributed by atoms with Gasteiger partial charge in [-0.1, -0.05) is 60.7 Å². The van der Waals surface area contributed by atoms with E-state index in [1.165, 1.54) is 12.1 Å². The number of nitro benzene ring substituents is 1. The normalized spacial score (nSPS) is 15.0. The minimum atomic E-state index is -0.410. The third kappa shape index (κ3) is 4.57. The zero-order valence-corrected chi connectivity index (χ0v) is 19.4. The van der Waals surface area contributed by atoms with Crippen molar-refractivity contribution in [3.8, 4) is 0 Å². The lowest BCUT2D eigenvalue weighted by Crippen LogP contribution is -2.38. The van der Waals surface area contributed by atoms with E-state index in [2.05, 4.69) is 5.32 Å². The van der Waals surface area contributed by atoms with Crippen molar-refractivity contribution in [3.05, 3.63) is 134 Å². The predicted octanol–water partition coefficient (Wildman–Crippen LogP) is 5.07. The van der Waals surface area contributed by atoms with Gasteiger partial charge in [0.1, 0.15) is 5.82 Å². The number of anilines is 1. The average molecular weight is 467 g/mol. The minimum absolute atomic E-state index is 0.0135. The molecular weight excluding hydrogens is 440 g/mol. The van der Waals surface area contributed by atoms with Crippen LogP contribution in [0.15, 0.2) is 89.7 Å². The van der Waals surface area contributed by atoms with Crippen molar-refractivity contribution >= 4 is 11.4 Å². The highest BCUT2D eigenvalue weighted by Gasteiger charge is 2.28. The van der Waals surface area contributed by atoms with Crippen LogP contribution < -0.4 is 10.9 Å². The van der Waals surface area contributed by atoms with Crippen molar-refractivity contribution in [2.45, 2.75) is 38.3 Å². The summed E-state index contributed by atoms with van der Waals surface area (Å²) in [5.41, 5.74) is 4.50. The fourth-order valence-electron chi connectivity index (χ4n) is 4.91. The number of hydrogen-bond donors (Lipinski definition) is 1. The molecule has 0 aliphatic heterocycles. The van der Waals surface area contributed by atoms with Crippen LogP contribution in [0.25, 0.3) is 0 Å². The van der Waals surface area contributed by atoms with Crippen LogP contribution in [0.2, 0.25) is 0 Å². The van der Waals surface area contributed by atoms with Gasteiger partial charge in [-0.15, -0.1) is 0 Å². The van der Waals surface area contributed by atoms with Crippen LogP contribution in [0.4, 0.5) is 11.4 Å². The molecule has 3 aromatic carbocycles. The summed E-state index contributed by atoms with van der Waals surface area (Å²) in [5, 5.41) is 14.4. The van der Waals surface area contributed by atoms with Crippen LogP contribution in [0.1, 0.15) is 40.7 Å². The van der Waals surface area contributed by atoms with Gasteiger partial charge in [0.25, 0.3) is 11.2 Å². The summed E-state index contributed by atoms with van der Waals surface area (Å²) < 4.78 is 1.82. The summed E-state index contributed by atoms with van der Waals surface area (Å²) in [7, 11) is 0. The lowest BCUT2D eigenvalue weighted by atomic mass is 9.91. The molecule has 0 amide bonds. The van der Waals surface area contributed by atoms with E-state index in [-0.39, 0.29) is 23.3 Å². The number of aromatic nitrogens is 2. The molecular formula is C28H26N4O3. The van der Waals surface area contributed by atoms with Gasteiger partial charge in [0.2, 0.25) is 0 Å². The molecule has 7 nitrogen and oxygen atoms in total. The summed E-state index contributed by atoms with van der Waals surface area (Å²) in [4.78, 5) is 29.4. The summed E-state index contributed by atoms with van der Waals surface area (Å²) in [6, 6.07) is 26.2. The van der Waals surface area contributed by atoms with Gasteiger partial charge in [-0.05, 0) is 49.4 Å². The van der Waals surface area contributed by atoms with Gasteiger partial charge in [0.05, 0.1) is 16.7 Å². The lowest BCUT2D eigenvalue weighted by molar-refractivity contribution is -0.384. The number of nitrogens with zero attached hydrogens (tertiary/aromatic N) is 3. The Balaban J connectivity index is 1.51. The molecule has 1 atom stereocenters. The largest absolute Gasteiger partial charge is 0.382 e. The van der Waals surface area contributed by atoms with Crippen molar-refractivity contribution in [3.63, 3.8) is 0 Å². The van der Waals surface area contributed by atoms with Crippen LogP contribution in [-0.4, -0.2) is 20.5 Å². The maximum absolute atomic E-state index is 14.0. The Kier molecular flexibility index (Phi) is 6.14. The number of rotatable bonds is 6. The number of benzene rings is 3. The molecule has 1 N–H and O–H groups in total. The van der Waals surface area contributed by atoms with Gasteiger partial charge >= 0.3 is 0 Å². The first-order valence-electron chi connectivity index (χ1n) is 11.7. The Morgan fingerprint density at radius 1 is 0.971 bits per heavy atom. The van der Waals surface area contributed by atoms with E-state index >= 15 is 0 Å². The van der Waals surface area contributed by atoms with Crippen LogP contribution in [0.3, 0.4) is 0 Å². The van der Waals surface area contributed by atoms with Crippen LogP contribution in [0, 0.1) is 17.0 Å². The number of hydrogen-bond acceptors (Lipinski definition) is 5. The van der Waals surface area contributed by atoms with Crippen molar-refractivity contribution in [2.75, 3.05) is 5.32 Å². The molecule has 0 bridgehead atoms. The number of nitro groups is 1. The molecule has 7 heteroatoms. The quantitative estimate of drug-likeness (QED) is 0.317. The molecule has 5 rings (SSSR count). The Hall–Kier alpha value is -4.26. The SMILES string of the molecule is Cc1nc2c(c(=O)n1C(c1ccccc1)c1ccccc1)CC(Nc1ccc([N+](=O)[O-])cc1)CC2. The molecule has 0 saturated carbocycles. The monoisotopic (exact) mass is 466 g/mol. The Morgan fingerprint density at radius 2 is 1.57 bits per heavy atom. The highest BCUT2D eigenvalue weighted by atomic mass is 16.6. The van der Waals surface area contributed by atoms with Gasteiger partial charge in [-0.25, -0.2) is 4.98 Å². The Labute approximate surface area is 203 Å². The van der Waals surface area contributed by atoms with Crippen LogP contribution in [0.5, 0.6) is 0 Å². The third-order valence-corrected chi connectivity index (χ3v) is 6.59. The zero-order valence-electron chi connectivity index (χ0n) is 19.4. The first kappa shape index (κ1) is 22.5. The minimum Gasteiger partial charge on any atom is -0.382 e. The Bertz CT molecular complexity index is 1360. The summed E-state index contributed by atoms with van der Waals surface area (Å²) in [5.74, 6) is 0.702. The van der Waals surface area contributed by atoms with E-state index in [9.17, 15) is 14.9 Å². The highest BCUT2D eigenvalue weighted by Crippen LogP contribution is 2.28. The fourth-order valence-corrected chi connectivity index (χ4v) is 4.91. The number of aryl methyl sites for hydroxylation is 2. The maximum Gasteiger partial charge on any atom is 0.269 e. The number of non-ortho nitro benzene ring substituents is 1. The topological polar surface area (TPSA) is 90.1 Å². The maximum atomic E-state index is 14.0. The van der Waals surface area contributed by atoms with E-state index in [1.807, 2.05) is 72.2 Å². The number of nitrogens with one attached hydrogen (secondary N) is 1. The molecule has 1 aliphatic rings. The van der Waals surface area contributed by atoms with E-state index in [0.29, 0.717) is 18.7 Å². The highest BCUT2D eigenvalue weighted by molar-refractivity contribution is 5.49. The van der Waals surface area contributed by atoms with Crippen molar-refractivity contribution in [1.29, 1.82) is 0 Å². The van der Waals surface area contributed by atoms with E-state index in [4.69, 9.17) is 4.98 Å².